The summed E-state index contributed by atoms with van der Waals surface area (Å²) in [7, 11) is 1.60. The van der Waals surface area contributed by atoms with Crippen LogP contribution in [0.3, 0.4) is 0 Å². The summed E-state index contributed by atoms with van der Waals surface area (Å²) in [6.07, 6.45) is 0. The number of carbonyl (C=O) groups is 2. The zero-order valence-electron chi connectivity index (χ0n) is 8.79. The van der Waals surface area contributed by atoms with Gasteiger partial charge in [-0.05, 0) is 13.8 Å². The minimum Gasteiger partial charge on any atom is -0.383 e. The number of hydrogen-bond acceptors (Lipinski definition) is 4. The molecule has 0 saturated carbocycles. The lowest BCUT2D eigenvalue weighted by atomic mass is 10.0. The quantitative estimate of drug-likeness (QED) is 0.616. The number of amides is 2. The number of nitrogens with one attached hydrogen (secondary N) is 1. The zero-order valence-corrected chi connectivity index (χ0v) is 8.79. The molecule has 1 fully saturated rings. The molecule has 5 nitrogen and oxygen atoms in total. The van der Waals surface area contributed by atoms with E-state index in [-0.39, 0.29) is 30.4 Å². The second-order valence-corrected chi connectivity index (χ2v) is 4.07. The number of ether oxygens (including phenoxy) is 1. The Morgan fingerprint density at radius 2 is 1.86 bits per heavy atom. The smallest absolute Gasteiger partial charge is 0.240 e. The molecular formula is C9H16N2O3. The third-order valence-electron chi connectivity index (χ3n) is 2.30. The van der Waals surface area contributed by atoms with Crippen molar-refractivity contribution in [2.45, 2.75) is 19.4 Å². The topological polar surface area (TPSA) is 58.6 Å². The number of hydrogen-bond donors (Lipinski definition) is 1. The first-order valence-corrected chi connectivity index (χ1v) is 4.52. The van der Waals surface area contributed by atoms with Gasteiger partial charge in [0, 0.05) is 12.6 Å². The first-order chi connectivity index (χ1) is 6.45. The fourth-order valence-corrected chi connectivity index (χ4v) is 1.51. The van der Waals surface area contributed by atoms with Gasteiger partial charge in [-0.3, -0.25) is 19.8 Å². The van der Waals surface area contributed by atoms with Crippen molar-refractivity contribution in [2.75, 3.05) is 26.8 Å². The molecule has 0 aromatic heterocycles. The van der Waals surface area contributed by atoms with Crippen molar-refractivity contribution in [1.82, 2.24) is 10.2 Å². The van der Waals surface area contributed by atoms with Gasteiger partial charge in [0.1, 0.15) is 0 Å². The molecular weight excluding hydrogens is 184 g/mol. The molecule has 0 bridgehead atoms. The van der Waals surface area contributed by atoms with Crippen molar-refractivity contribution in [3.8, 4) is 0 Å². The van der Waals surface area contributed by atoms with Crippen LogP contribution in [-0.2, 0) is 14.3 Å². The Balaban J connectivity index is 2.67. The number of piperazine rings is 1. The van der Waals surface area contributed by atoms with Crippen molar-refractivity contribution in [3.05, 3.63) is 0 Å². The monoisotopic (exact) mass is 200 g/mol. The molecule has 1 aliphatic heterocycles. The van der Waals surface area contributed by atoms with E-state index in [9.17, 15) is 9.59 Å². The fourth-order valence-electron chi connectivity index (χ4n) is 1.51. The lowest BCUT2D eigenvalue weighted by Crippen LogP contribution is -2.59. The predicted molar refractivity (Wildman–Crippen MR) is 50.7 cm³/mol. The normalized spacial score (nSPS) is 19.6. The van der Waals surface area contributed by atoms with Crippen molar-refractivity contribution < 1.29 is 14.3 Å². The van der Waals surface area contributed by atoms with Crippen molar-refractivity contribution in [2.24, 2.45) is 0 Å². The van der Waals surface area contributed by atoms with Crippen LogP contribution < -0.4 is 5.32 Å². The molecule has 1 aliphatic rings. The molecule has 1 heterocycles. The molecule has 0 unspecified atom stereocenters. The van der Waals surface area contributed by atoms with E-state index in [0.717, 1.165) is 0 Å². The summed E-state index contributed by atoms with van der Waals surface area (Å²) in [6, 6.07) is 0. The first-order valence-electron chi connectivity index (χ1n) is 4.52. The Hall–Kier alpha value is -0.940. The molecule has 80 valence electrons. The van der Waals surface area contributed by atoms with Crippen LogP contribution in [0, 0.1) is 0 Å². The third kappa shape index (κ3) is 2.52. The van der Waals surface area contributed by atoms with Crippen LogP contribution in [-0.4, -0.2) is 49.1 Å². The summed E-state index contributed by atoms with van der Waals surface area (Å²) >= 11 is 0. The maximum atomic E-state index is 11.1. The summed E-state index contributed by atoms with van der Waals surface area (Å²) in [4.78, 5) is 24.1. The summed E-state index contributed by atoms with van der Waals surface area (Å²) < 4.78 is 5.05. The number of imide groups is 1. The first kappa shape index (κ1) is 11.1. The van der Waals surface area contributed by atoms with Crippen molar-refractivity contribution in [3.63, 3.8) is 0 Å². The lowest BCUT2D eigenvalue weighted by molar-refractivity contribution is -0.139. The average molecular weight is 200 g/mol. The van der Waals surface area contributed by atoms with E-state index in [2.05, 4.69) is 5.32 Å². The van der Waals surface area contributed by atoms with E-state index in [1.165, 1.54) is 0 Å². The van der Waals surface area contributed by atoms with Crippen LogP contribution >= 0.6 is 0 Å². The molecule has 5 heteroatoms. The highest BCUT2D eigenvalue weighted by molar-refractivity contribution is 5.99. The standard InChI is InChI=1S/C9H16N2O3/c1-9(2,6-14-3)11-4-7(12)10-8(13)5-11/h4-6H2,1-3H3,(H,10,12,13). The van der Waals surface area contributed by atoms with E-state index in [4.69, 9.17) is 4.74 Å². The molecule has 1 saturated heterocycles. The SMILES string of the molecule is COCC(C)(C)N1CC(=O)NC(=O)C1. The fraction of sp³-hybridized carbons (Fsp3) is 0.778. The van der Waals surface area contributed by atoms with Gasteiger partial charge < -0.3 is 4.74 Å². The average Bonchev–Trinajstić information content (AvgIpc) is 2.02. The van der Waals surface area contributed by atoms with Gasteiger partial charge in [-0.1, -0.05) is 0 Å². The molecule has 0 aliphatic carbocycles. The highest BCUT2D eigenvalue weighted by atomic mass is 16.5. The predicted octanol–water partition coefficient (Wildman–Crippen LogP) is -0.630. The van der Waals surface area contributed by atoms with Crippen LogP contribution in [0.2, 0.25) is 0 Å². The molecule has 0 aromatic rings. The van der Waals surface area contributed by atoms with E-state index in [1.807, 2.05) is 18.7 Å². The van der Waals surface area contributed by atoms with Crippen LogP contribution in [0.4, 0.5) is 0 Å². The Bertz CT molecular complexity index is 234. The molecule has 2 amide bonds. The number of methoxy groups -OCH3 is 1. The third-order valence-corrected chi connectivity index (χ3v) is 2.30. The van der Waals surface area contributed by atoms with E-state index in [1.54, 1.807) is 7.11 Å². The van der Waals surface area contributed by atoms with Gasteiger partial charge >= 0.3 is 0 Å². The number of rotatable bonds is 3. The minimum atomic E-state index is -0.290. The zero-order chi connectivity index (χ0) is 10.8. The highest BCUT2D eigenvalue weighted by Gasteiger charge is 2.33. The molecule has 0 atom stereocenters. The highest BCUT2D eigenvalue weighted by Crippen LogP contribution is 2.15. The van der Waals surface area contributed by atoms with Crippen LogP contribution in [0.25, 0.3) is 0 Å². The van der Waals surface area contributed by atoms with Gasteiger partial charge in [0.25, 0.3) is 0 Å². The summed E-state index contributed by atoms with van der Waals surface area (Å²) in [6.45, 7) is 4.89. The summed E-state index contributed by atoms with van der Waals surface area (Å²) in [5, 5.41) is 2.26. The second kappa shape index (κ2) is 4.06. The van der Waals surface area contributed by atoms with Crippen molar-refractivity contribution in [1.29, 1.82) is 0 Å². The van der Waals surface area contributed by atoms with Crippen LogP contribution in [0.1, 0.15) is 13.8 Å². The van der Waals surface area contributed by atoms with E-state index >= 15 is 0 Å². The molecule has 0 aromatic carbocycles. The molecule has 0 spiro atoms. The minimum absolute atomic E-state index is 0.245. The van der Waals surface area contributed by atoms with E-state index < -0.39 is 0 Å². The Kier molecular flexibility index (Phi) is 3.23. The molecule has 1 rings (SSSR count). The van der Waals surface area contributed by atoms with Crippen LogP contribution in [0.5, 0.6) is 0 Å². The summed E-state index contributed by atoms with van der Waals surface area (Å²) in [5.41, 5.74) is -0.290. The van der Waals surface area contributed by atoms with Gasteiger partial charge in [-0.25, -0.2) is 0 Å². The lowest BCUT2D eigenvalue weighted by Gasteiger charge is -2.38. The Morgan fingerprint density at radius 1 is 1.36 bits per heavy atom. The molecule has 0 radical (unpaired) electrons. The maximum Gasteiger partial charge on any atom is 0.240 e. The largest absolute Gasteiger partial charge is 0.383 e. The van der Waals surface area contributed by atoms with Crippen LogP contribution in [0.15, 0.2) is 0 Å². The van der Waals surface area contributed by atoms with Gasteiger partial charge in [0.15, 0.2) is 0 Å². The van der Waals surface area contributed by atoms with Gasteiger partial charge in [-0.15, -0.1) is 0 Å². The molecule has 14 heavy (non-hydrogen) atoms. The van der Waals surface area contributed by atoms with Gasteiger partial charge in [-0.2, -0.15) is 0 Å². The Morgan fingerprint density at radius 3 is 2.29 bits per heavy atom. The Labute approximate surface area is 83.4 Å². The van der Waals surface area contributed by atoms with Gasteiger partial charge in [0.05, 0.1) is 19.7 Å². The molecule has 1 N–H and O–H groups in total. The second-order valence-electron chi connectivity index (χ2n) is 4.07. The summed E-state index contributed by atoms with van der Waals surface area (Å²) in [5.74, 6) is -0.490. The number of nitrogens with zero attached hydrogens (tertiary/aromatic N) is 1. The maximum absolute atomic E-state index is 11.1. The number of carbonyl (C=O) groups excluding carboxylic acids is 2. The van der Waals surface area contributed by atoms with Gasteiger partial charge in [0.2, 0.25) is 11.8 Å². The van der Waals surface area contributed by atoms with E-state index in [0.29, 0.717) is 6.61 Å². The van der Waals surface area contributed by atoms with Crippen molar-refractivity contribution >= 4 is 11.8 Å².